The molecule has 3 aromatic rings. The predicted molar refractivity (Wildman–Crippen MR) is 101 cm³/mol. The van der Waals surface area contributed by atoms with E-state index in [0.29, 0.717) is 10.8 Å². The number of fused-ring (bicyclic) bond motifs is 1. The Morgan fingerprint density at radius 3 is 3.00 bits per heavy atom. The van der Waals surface area contributed by atoms with Gasteiger partial charge in [-0.15, -0.1) is 0 Å². The lowest BCUT2D eigenvalue weighted by Gasteiger charge is -2.34. The zero-order valence-corrected chi connectivity index (χ0v) is 14.8. The molecule has 1 aliphatic rings. The molecule has 0 spiro atoms. The Kier molecular flexibility index (Phi) is 4.17. The minimum Gasteiger partial charge on any atom is -0.370 e. The number of aromatic amines is 1. The molecule has 1 aliphatic heterocycles. The number of aromatic nitrogens is 3. The molecule has 6 heteroatoms. The molecule has 0 amide bonds. The van der Waals surface area contributed by atoms with Crippen molar-refractivity contribution in [2.75, 3.05) is 18.0 Å². The van der Waals surface area contributed by atoms with E-state index in [0.717, 1.165) is 48.2 Å². The number of piperidine rings is 1. The monoisotopic (exact) mass is 354 g/mol. The van der Waals surface area contributed by atoms with E-state index in [-0.39, 0.29) is 11.5 Å². The van der Waals surface area contributed by atoms with Crippen LogP contribution < -0.4 is 10.5 Å². The van der Waals surface area contributed by atoms with E-state index in [2.05, 4.69) is 25.9 Å². The van der Waals surface area contributed by atoms with E-state index in [1.54, 1.807) is 6.07 Å². The number of aryl methyl sites for hydroxylation is 1. The normalized spacial score (nSPS) is 17.8. The second-order valence-corrected chi connectivity index (χ2v) is 6.97. The minimum atomic E-state index is -0.0800. The van der Waals surface area contributed by atoms with Crippen molar-refractivity contribution >= 4 is 28.2 Å². The molecule has 25 heavy (non-hydrogen) atoms. The van der Waals surface area contributed by atoms with E-state index in [9.17, 15) is 4.79 Å². The van der Waals surface area contributed by atoms with Crippen LogP contribution in [0.5, 0.6) is 0 Å². The first-order valence-corrected chi connectivity index (χ1v) is 8.85. The Morgan fingerprint density at radius 2 is 2.16 bits per heavy atom. The molecule has 1 fully saturated rings. The SMILES string of the molecule is Cc1nc(C2CCCN(c3ccnc4cc(Cl)ccc34)C2)cc(=O)[nH]1. The summed E-state index contributed by atoms with van der Waals surface area (Å²) >= 11 is 6.10. The van der Waals surface area contributed by atoms with Crippen molar-refractivity contribution in [2.45, 2.75) is 25.7 Å². The second-order valence-electron chi connectivity index (χ2n) is 6.53. The average Bonchev–Trinajstić information content (AvgIpc) is 2.60. The molecule has 0 aliphatic carbocycles. The Balaban J connectivity index is 1.69. The maximum absolute atomic E-state index is 11.8. The van der Waals surface area contributed by atoms with Crippen LogP contribution in [0.15, 0.2) is 41.3 Å². The van der Waals surface area contributed by atoms with Crippen molar-refractivity contribution in [1.29, 1.82) is 0 Å². The Bertz CT molecular complexity index is 985. The van der Waals surface area contributed by atoms with Crippen molar-refractivity contribution < 1.29 is 0 Å². The quantitative estimate of drug-likeness (QED) is 0.762. The lowest BCUT2D eigenvalue weighted by atomic mass is 9.93. The van der Waals surface area contributed by atoms with Crippen LogP contribution in [-0.4, -0.2) is 28.0 Å². The van der Waals surface area contributed by atoms with Crippen LogP contribution in [0.3, 0.4) is 0 Å². The number of pyridine rings is 1. The first kappa shape index (κ1) is 16.1. The van der Waals surface area contributed by atoms with E-state index in [1.165, 1.54) is 0 Å². The van der Waals surface area contributed by atoms with Gasteiger partial charge in [0.1, 0.15) is 5.82 Å². The second kappa shape index (κ2) is 6.48. The number of rotatable bonds is 2. The van der Waals surface area contributed by atoms with Crippen LogP contribution in [0.2, 0.25) is 5.02 Å². The number of hydrogen-bond acceptors (Lipinski definition) is 4. The number of H-pyrrole nitrogens is 1. The number of halogens is 1. The van der Waals surface area contributed by atoms with E-state index < -0.39 is 0 Å². The standard InChI is InChI=1S/C19H19ClN4O/c1-12-22-16(10-19(25)23-12)13-3-2-8-24(11-13)18-6-7-21-17-9-14(20)4-5-15(17)18/h4-7,9-10,13H,2-3,8,11H2,1H3,(H,22,23,25). The molecule has 3 heterocycles. The summed E-state index contributed by atoms with van der Waals surface area (Å²) in [7, 11) is 0. The summed E-state index contributed by atoms with van der Waals surface area (Å²) in [4.78, 5) is 25.8. The largest absolute Gasteiger partial charge is 0.370 e. The zero-order valence-electron chi connectivity index (χ0n) is 14.0. The molecular formula is C19H19ClN4O. The van der Waals surface area contributed by atoms with Crippen LogP contribution in [0.25, 0.3) is 10.9 Å². The van der Waals surface area contributed by atoms with Crippen LogP contribution in [-0.2, 0) is 0 Å². The summed E-state index contributed by atoms with van der Waals surface area (Å²) in [6, 6.07) is 9.50. The van der Waals surface area contributed by atoms with Gasteiger partial charge in [-0.05, 0) is 44.0 Å². The van der Waals surface area contributed by atoms with Gasteiger partial charge in [0.15, 0.2) is 0 Å². The highest BCUT2D eigenvalue weighted by atomic mass is 35.5. The van der Waals surface area contributed by atoms with Crippen molar-refractivity contribution in [3.05, 3.63) is 63.4 Å². The third-order valence-corrected chi connectivity index (χ3v) is 4.98. The predicted octanol–water partition coefficient (Wildman–Crippen LogP) is 3.66. The highest BCUT2D eigenvalue weighted by Crippen LogP contribution is 2.33. The number of nitrogens with one attached hydrogen (secondary N) is 1. The molecule has 1 N–H and O–H groups in total. The number of anilines is 1. The van der Waals surface area contributed by atoms with Crippen LogP contribution >= 0.6 is 11.6 Å². The van der Waals surface area contributed by atoms with Gasteiger partial charge >= 0.3 is 0 Å². The van der Waals surface area contributed by atoms with Crippen LogP contribution in [0.1, 0.15) is 30.3 Å². The lowest BCUT2D eigenvalue weighted by Crippen LogP contribution is -2.35. The van der Waals surface area contributed by atoms with Crippen LogP contribution in [0.4, 0.5) is 5.69 Å². The summed E-state index contributed by atoms with van der Waals surface area (Å²) in [5.41, 5.74) is 2.86. The molecule has 5 nitrogen and oxygen atoms in total. The Morgan fingerprint density at radius 1 is 1.28 bits per heavy atom. The third-order valence-electron chi connectivity index (χ3n) is 4.74. The smallest absolute Gasteiger partial charge is 0.251 e. The Hall–Kier alpha value is -2.40. The Labute approximate surface area is 150 Å². The van der Waals surface area contributed by atoms with Gasteiger partial charge in [-0.3, -0.25) is 9.78 Å². The number of nitrogens with zero attached hydrogens (tertiary/aromatic N) is 3. The molecule has 1 unspecified atom stereocenters. The minimum absolute atomic E-state index is 0.0800. The van der Waals surface area contributed by atoms with Gasteiger partial charge < -0.3 is 9.88 Å². The van der Waals surface area contributed by atoms with Gasteiger partial charge in [0.2, 0.25) is 0 Å². The molecule has 0 radical (unpaired) electrons. The van der Waals surface area contributed by atoms with Gasteiger partial charge in [-0.1, -0.05) is 11.6 Å². The van der Waals surface area contributed by atoms with Crippen LogP contribution in [0, 0.1) is 6.92 Å². The van der Waals surface area contributed by atoms with Crippen molar-refractivity contribution in [2.24, 2.45) is 0 Å². The molecule has 1 aromatic carbocycles. The molecular weight excluding hydrogens is 336 g/mol. The fourth-order valence-electron chi connectivity index (χ4n) is 3.63. The molecule has 2 aromatic heterocycles. The number of hydrogen-bond donors (Lipinski definition) is 1. The summed E-state index contributed by atoms with van der Waals surface area (Å²) in [6.45, 7) is 3.66. The average molecular weight is 355 g/mol. The molecule has 0 bridgehead atoms. The topological polar surface area (TPSA) is 61.9 Å². The summed E-state index contributed by atoms with van der Waals surface area (Å²) < 4.78 is 0. The van der Waals surface area contributed by atoms with Crippen molar-refractivity contribution in [1.82, 2.24) is 15.0 Å². The highest BCUT2D eigenvalue weighted by Gasteiger charge is 2.24. The third kappa shape index (κ3) is 3.24. The molecule has 0 saturated carbocycles. The summed E-state index contributed by atoms with van der Waals surface area (Å²) in [6.07, 6.45) is 3.93. The molecule has 4 rings (SSSR count). The maximum atomic E-state index is 11.8. The van der Waals surface area contributed by atoms with Gasteiger partial charge in [-0.2, -0.15) is 0 Å². The van der Waals surface area contributed by atoms with Gasteiger partial charge in [0.05, 0.1) is 11.2 Å². The van der Waals surface area contributed by atoms with Gasteiger partial charge in [0, 0.05) is 47.4 Å². The van der Waals surface area contributed by atoms with E-state index >= 15 is 0 Å². The highest BCUT2D eigenvalue weighted by molar-refractivity contribution is 6.31. The van der Waals surface area contributed by atoms with E-state index in [4.69, 9.17) is 11.6 Å². The fraction of sp³-hybridized carbons (Fsp3) is 0.316. The van der Waals surface area contributed by atoms with Gasteiger partial charge in [-0.25, -0.2) is 4.98 Å². The van der Waals surface area contributed by atoms with Crippen molar-refractivity contribution in [3.63, 3.8) is 0 Å². The van der Waals surface area contributed by atoms with Gasteiger partial charge in [0.25, 0.3) is 5.56 Å². The lowest BCUT2D eigenvalue weighted by molar-refractivity contribution is 0.500. The summed E-state index contributed by atoms with van der Waals surface area (Å²) in [5.74, 6) is 0.925. The first-order valence-electron chi connectivity index (χ1n) is 8.47. The van der Waals surface area contributed by atoms with E-state index in [1.807, 2.05) is 31.3 Å². The van der Waals surface area contributed by atoms with Crippen molar-refractivity contribution in [3.8, 4) is 0 Å². The summed E-state index contributed by atoms with van der Waals surface area (Å²) in [5, 5.41) is 1.79. The molecule has 128 valence electrons. The number of benzene rings is 1. The molecule has 1 saturated heterocycles. The maximum Gasteiger partial charge on any atom is 0.251 e. The zero-order chi connectivity index (χ0) is 17.4. The molecule has 1 atom stereocenters. The fourth-order valence-corrected chi connectivity index (χ4v) is 3.80. The first-order chi connectivity index (χ1) is 12.1.